The molecule has 1 N–H and O–H groups in total. The van der Waals surface area contributed by atoms with Crippen molar-refractivity contribution in [3.8, 4) is 11.1 Å². The molecule has 0 spiro atoms. The third kappa shape index (κ3) is 4.75. The van der Waals surface area contributed by atoms with Crippen molar-refractivity contribution in [1.82, 2.24) is 10.3 Å². The number of carbonyl (C=O) groups excluding carboxylic acids is 2. The van der Waals surface area contributed by atoms with E-state index >= 15 is 0 Å². The normalized spacial score (nSPS) is 31.4. The number of hydrogen-bond donors (Lipinski definition) is 1. The maximum absolute atomic E-state index is 13.6. The molecular weight excluding hydrogens is 459 g/mol. The van der Waals surface area contributed by atoms with Crippen LogP contribution >= 0.6 is 0 Å². The average molecular weight is 493 g/mol. The summed E-state index contributed by atoms with van der Waals surface area (Å²) in [6.45, 7) is 4.84. The second-order valence-electron chi connectivity index (χ2n) is 10.5. The number of esters is 1. The summed E-state index contributed by atoms with van der Waals surface area (Å²) in [4.78, 5) is 29.2. The van der Waals surface area contributed by atoms with E-state index in [9.17, 15) is 14.0 Å². The lowest BCUT2D eigenvalue weighted by Crippen LogP contribution is -2.52. The van der Waals surface area contributed by atoms with E-state index in [-0.39, 0.29) is 41.2 Å². The van der Waals surface area contributed by atoms with E-state index < -0.39 is 0 Å². The second kappa shape index (κ2) is 10.0. The molecule has 1 aliphatic heterocycles. The van der Waals surface area contributed by atoms with Gasteiger partial charge in [-0.2, -0.15) is 0 Å². The first-order valence-corrected chi connectivity index (χ1v) is 12.9. The van der Waals surface area contributed by atoms with Crippen molar-refractivity contribution in [2.45, 2.75) is 45.6 Å². The van der Waals surface area contributed by atoms with Crippen molar-refractivity contribution >= 4 is 18.1 Å². The molecule has 2 aromatic rings. The molecule has 3 fully saturated rings. The van der Waals surface area contributed by atoms with Crippen molar-refractivity contribution in [3.05, 3.63) is 60.2 Å². The highest BCUT2D eigenvalue weighted by molar-refractivity contribution is 5.75. The van der Waals surface area contributed by atoms with Gasteiger partial charge < -0.3 is 14.8 Å². The standard InChI is InChI=1S/C29H33FN2O4/c1-3-35-28(34)32-23-9-10-25-20(14-23)15-24-26(17-36-27(24)33)29(25,2)12-11-22-8-7-19(16-31-22)18-5-4-6-21(30)13-18/h4-8,11-13,16,20,23-26H,3,9-10,14-15,17H2,1-2H3,(H,32,34)/b12-11+/t20?,23-,24?,25-,26?,29?/m0/s1. The molecule has 3 aliphatic rings. The van der Waals surface area contributed by atoms with Crippen LogP contribution in [0.5, 0.6) is 0 Å². The van der Waals surface area contributed by atoms with Gasteiger partial charge in [0.2, 0.25) is 0 Å². The van der Waals surface area contributed by atoms with Gasteiger partial charge in [0.25, 0.3) is 0 Å². The number of ether oxygens (including phenoxy) is 2. The lowest BCUT2D eigenvalue weighted by molar-refractivity contribution is -0.143. The van der Waals surface area contributed by atoms with Gasteiger partial charge in [-0.1, -0.05) is 31.2 Å². The van der Waals surface area contributed by atoms with Gasteiger partial charge in [-0.25, -0.2) is 9.18 Å². The molecule has 5 rings (SSSR count). The quantitative estimate of drug-likeness (QED) is 0.548. The highest BCUT2D eigenvalue weighted by atomic mass is 19.1. The van der Waals surface area contributed by atoms with Crippen molar-refractivity contribution in [2.24, 2.45) is 29.1 Å². The number of nitrogens with one attached hydrogen (secondary N) is 1. The Kier molecular flexibility index (Phi) is 6.82. The van der Waals surface area contributed by atoms with Gasteiger partial charge in [-0.3, -0.25) is 9.78 Å². The molecule has 1 aromatic carbocycles. The summed E-state index contributed by atoms with van der Waals surface area (Å²) in [5.41, 5.74) is 2.24. The van der Waals surface area contributed by atoms with E-state index in [1.54, 1.807) is 19.2 Å². The van der Waals surface area contributed by atoms with Crippen LogP contribution in [0.15, 0.2) is 48.7 Å². The second-order valence-corrected chi connectivity index (χ2v) is 10.5. The maximum Gasteiger partial charge on any atom is 0.407 e. The monoisotopic (exact) mass is 492 g/mol. The molecule has 7 heteroatoms. The molecule has 2 heterocycles. The number of fused-ring (bicyclic) bond motifs is 2. The molecule has 1 aromatic heterocycles. The third-order valence-corrected chi connectivity index (χ3v) is 8.49. The Morgan fingerprint density at radius 2 is 2.08 bits per heavy atom. The van der Waals surface area contributed by atoms with E-state index in [1.165, 1.54) is 12.1 Å². The zero-order valence-electron chi connectivity index (χ0n) is 20.8. The van der Waals surface area contributed by atoms with E-state index in [4.69, 9.17) is 9.47 Å². The summed E-state index contributed by atoms with van der Waals surface area (Å²) in [6, 6.07) is 10.4. The minimum absolute atomic E-state index is 0.0598. The molecule has 36 heavy (non-hydrogen) atoms. The summed E-state index contributed by atoms with van der Waals surface area (Å²) in [6.07, 6.45) is 9.15. The summed E-state index contributed by atoms with van der Waals surface area (Å²) in [5.74, 6) is 0.337. The summed E-state index contributed by atoms with van der Waals surface area (Å²) in [5, 5.41) is 3.00. The predicted molar refractivity (Wildman–Crippen MR) is 134 cm³/mol. The van der Waals surface area contributed by atoms with Gasteiger partial charge in [0, 0.05) is 23.7 Å². The van der Waals surface area contributed by atoms with Gasteiger partial charge >= 0.3 is 12.1 Å². The average Bonchev–Trinajstić information content (AvgIpc) is 3.24. The highest BCUT2D eigenvalue weighted by Crippen LogP contribution is 2.58. The van der Waals surface area contributed by atoms with Gasteiger partial charge in [-0.15, -0.1) is 0 Å². The van der Waals surface area contributed by atoms with Crippen LogP contribution in [0.4, 0.5) is 9.18 Å². The highest BCUT2D eigenvalue weighted by Gasteiger charge is 2.57. The number of nitrogens with zero attached hydrogens (tertiary/aromatic N) is 1. The molecule has 2 aliphatic carbocycles. The van der Waals surface area contributed by atoms with Crippen LogP contribution in [-0.4, -0.2) is 36.3 Å². The van der Waals surface area contributed by atoms with E-state index in [1.807, 2.05) is 24.3 Å². The predicted octanol–water partition coefficient (Wildman–Crippen LogP) is 5.63. The molecular formula is C29H33FN2O4. The van der Waals surface area contributed by atoms with Crippen molar-refractivity contribution < 1.29 is 23.5 Å². The molecule has 0 bridgehead atoms. The maximum atomic E-state index is 13.6. The smallest absolute Gasteiger partial charge is 0.407 e. The zero-order chi connectivity index (χ0) is 25.3. The van der Waals surface area contributed by atoms with Crippen molar-refractivity contribution in [2.75, 3.05) is 13.2 Å². The van der Waals surface area contributed by atoms with Crippen molar-refractivity contribution in [1.29, 1.82) is 0 Å². The first-order chi connectivity index (χ1) is 17.4. The fourth-order valence-electron chi connectivity index (χ4n) is 6.70. The minimum atomic E-state index is -0.370. The van der Waals surface area contributed by atoms with Crippen LogP contribution in [-0.2, 0) is 14.3 Å². The van der Waals surface area contributed by atoms with E-state index in [2.05, 4.69) is 23.3 Å². The summed E-state index contributed by atoms with van der Waals surface area (Å²) >= 11 is 0. The zero-order valence-corrected chi connectivity index (χ0v) is 20.8. The van der Waals surface area contributed by atoms with Crippen LogP contribution in [0.3, 0.4) is 0 Å². The molecule has 4 unspecified atom stereocenters. The Morgan fingerprint density at radius 3 is 2.83 bits per heavy atom. The van der Waals surface area contributed by atoms with Crippen LogP contribution in [0, 0.1) is 34.9 Å². The fourth-order valence-corrected chi connectivity index (χ4v) is 6.70. The number of amides is 1. The minimum Gasteiger partial charge on any atom is -0.465 e. The van der Waals surface area contributed by atoms with Crippen LogP contribution in [0.2, 0.25) is 0 Å². The molecule has 0 radical (unpaired) electrons. The molecule has 1 saturated heterocycles. The SMILES string of the molecule is CCOC(=O)N[C@H]1CC[C@H]2C(CC3C(=O)OCC3C2(C)/C=C/c2ccc(-c3cccc(F)c3)cn2)C1. The lowest BCUT2D eigenvalue weighted by atomic mass is 9.51. The third-order valence-electron chi connectivity index (χ3n) is 8.49. The topological polar surface area (TPSA) is 77.5 Å². The Balaban J connectivity index is 1.36. The summed E-state index contributed by atoms with van der Waals surface area (Å²) in [7, 11) is 0. The number of halogens is 1. The number of hydrogen-bond acceptors (Lipinski definition) is 5. The van der Waals surface area contributed by atoms with E-state index in [0.29, 0.717) is 25.0 Å². The van der Waals surface area contributed by atoms with E-state index in [0.717, 1.165) is 42.5 Å². The van der Waals surface area contributed by atoms with Gasteiger partial charge in [0.05, 0.1) is 24.8 Å². The molecule has 6 nitrogen and oxygen atoms in total. The number of rotatable bonds is 5. The van der Waals surface area contributed by atoms with Crippen molar-refractivity contribution in [3.63, 3.8) is 0 Å². The Bertz CT molecular complexity index is 1150. The molecule has 6 atom stereocenters. The Morgan fingerprint density at radius 1 is 1.22 bits per heavy atom. The first kappa shape index (κ1) is 24.5. The Labute approximate surface area is 211 Å². The molecule has 2 saturated carbocycles. The van der Waals surface area contributed by atoms with Gasteiger partial charge in [0.15, 0.2) is 0 Å². The summed E-state index contributed by atoms with van der Waals surface area (Å²) < 4.78 is 24.2. The number of benzene rings is 1. The number of alkyl carbamates (subject to hydrolysis) is 1. The lowest BCUT2D eigenvalue weighted by Gasteiger charge is -2.53. The van der Waals surface area contributed by atoms with Gasteiger partial charge in [-0.05, 0) is 79.7 Å². The largest absolute Gasteiger partial charge is 0.465 e. The van der Waals surface area contributed by atoms with Crippen LogP contribution in [0.1, 0.15) is 45.2 Å². The molecule has 1 amide bonds. The number of pyridine rings is 1. The number of allylic oxidation sites excluding steroid dienone is 1. The number of carbonyl (C=O) groups is 2. The van der Waals surface area contributed by atoms with Gasteiger partial charge in [0.1, 0.15) is 5.82 Å². The van der Waals surface area contributed by atoms with Crippen LogP contribution < -0.4 is 5.32 Å². The molecule has 190 valence electrons. The number of aromatic nitrogens is 1. The fraction of sp³-hybridized carbons (Fsp3) is 0.483. The first-order valence-electron chi connectivity index (χ1n) is 12.9. The number of cyclic esters (lactones) is 1. The Hall–Kier alpha value is -3.22. The van der Waals surface area contributed by atoms with Crippen LogP contribution in [0.25, 0.3) is 17.2 Å².